The highest BCUT2D eigenvalue weighted by molar-refractivity contribution is 7.92. The molecule has 3 aromatic rings. The van der Waals surface area contributed by atoms with E-state index in [1.807, 2.05) is 32.0 Å². The Kier molecular flexibility index (Phi) is 7.36. The second-order valence-corrected chi connectivity index (χ2v) is 9.60. The number of nitrogens with one attached hydrogen (secondary N) is 2. The molecule has 1 atom stereocenters. The Morgan fingerprint density at radius 2 is 1.68 bits per heavy atom. The van der Waals surface area contributed by atoms with Crippen LogP contribution in [0.2, 0.25) is 5.02 Å². The first kappa shape index (κ1) is 22.8. The molecular formula is C24H25ClN2O3S. The number of rotatable bonds is 8. The van der Waals surface area contributed by atoms with Gasteiger partial charge in [0.05, 0.1) is 21.2 Å². The fourth-order valence-electron chi connectivity index (χ4n) is 3.10. The smallest absolute Gasteiger partial charge is 0.261 e. The van der Waals surface area contributed by atoms with Crippen molar-refractivity contribution in [2.45, 2.75) is 37.6 Å². The van der Waals surface area contributed by atoms with Gasteiger partial charge in [-0.25, -0.2) is 8.42 Å². The van der Waals surface area contributed by atoms with E-state index in [1.165, 1.54) is 35.9 Å². The van der Waals surface area contributed by atoms with E-state index in [1.54, 1.807) is 12.1 Å². The van der Waals surface area contributed by atoms with Crippen LogP contribution in [0.3, 0.4) is 0 Å². The van der Waals surface area contributed by atoms with Crippen LogP contribution in [0.15, 0.2) is 77.7 Å². The number of carbonyl (C=O) groups excluding carboxylic acids is 1. The fraction of sp³-hybridized carbons (Fsp3) is 0.208. The molecule has 0 saturated carbocycles. The highest BCUT2D eigenvalue weighted by atomic mass is 35.5. The summed E-state index contributed by atoms with van der Waals surface area (Å²) in [5, 5.41) is 3.12. The number of anilines is 1. The van der Waals surface area contributed by atoms with Crippen LogP contribution in [-0.2, 0) is 16.4 Å². The van der Waals surface area contributed by atoms with E-state index in [-0.39, 0.29) is 21.9 Å². The zero-order valence-corrected chi connectivity index (χ0v) is 19.0. The van der Waals surface area contributed by atoms with Gasteiger partial charge in [-0.1, -0.05) is 59.6 Å². The van der Waals surface area contributed by atoms with E-state index in [2.05, 4.69) is 22.2 Å². The first-order chi connectivity index (χ1) is 14.7. The van der Waals surface area contributed by atoms with Crippen molar-refractivity contribution in [3.8, 4) is 0 Å². The molecular weight excluding hydrogens is 432 g/mol. The highest BCUT2D eigenvalue weighted by Gasteiger charge is 2.17. The fourth-order valence-corrected chi connectivity index (χ4v) is 4.41. The van der Waals surface area contributed by atoms with E-state index in [4.69, 9.17) is 11.6 Å². The van der Waals surface area contributed by atoms with Crippen LogP contribution in [0.25, 0.3) is 0 Å². The lowest BCUT2D eigenvalue weighted by molar-refractivity contribution is 0.0938. The van der Waals surface area contributed by atoms with Crippen molar-refractivity contribution in [2.24, 2.45) is 0 Å². The summed E-state index contributed by atoms with van der Waals surface area (Å²) in [6.45, 7) is 3.83. The van der Waals surface area contributed by atoms with Gasteiger partial charge in [0.15, 0.2) is 0 Å². The second-order valence-electron chi connectivity index (χ2n) is 7.51. The molecule has 0 aliphatic carbocycles. The molecule has 31 heavy (non-hydrogen) atoms. The lowest BCUT2D eigenvalue weighted by atomic mass is 10.1. The third-order valence-electron chi connectivity index (χ3n) is 4.88. The van der Waals surface area contributed by atoms with Crippen molar-refractivity contribution in [2.75, 3.05) is 4.72 Å². The third kappa shape index (κ3) is 6.32. The molecule has 3 aromatic carbocycles. The van der Waals surface area contributed by atoms with Crippen LogP contribution in [0, 0.1) is 6.92 Å². The summed E-state index contributed by atoms with van der Waals surface area (Å²) < 4.78 is 27.6. The number of carbonyl (C=O) groups is 1. The van der Waals surface area contributed by atoms with Crippen molar-refractivity contribution in [1.29, 1.82) is 0 Å². The monoisotopic (exact) mass is 456 g/mol. The van der Waals surface area contributed by atoms with Crippen molar-refractivity contribution in [3.05, 3.63) is 94.5 Å². The number of hydrogen-bond donors (Lipinski definition) is 2. The molecule has 0 spiro atoms. The lowest BCUT2D eigenvalue weighted by Crippen LogP contribution is -2.33. The minimum Gasteiger partial charge on any atom is -0.350 e. The predicted octanol–water partition coefficient (Wildman–Crippen LogP) is 5.20. The van der Waals surface area contributed by atoms with Gasteiger partial charge in [-0.05, 0) is 62.6 Å². The standard InChI is InChI=1S/C24H25ClN2O3S/c1-17-8-13-21(14-9-17)31(29,30)27-20-12-15-22(23(25)16-20)24(28)26-18(2)10-11-19-6-4-3-5-7-19/h3-9,12-16,18,27H,10-11H2,1-2H3,(H,26,28)/t18-/m0/s1. The van der Waals surface area contributed by atoms with E-state index in [9.17, 15) is 13.2 Å². The first-order valence-electron chi connectivity index (χ1n) is 9.98. The molecule has 1 amide bonds. The molecule has 0 aliphatic heterocycles. The Hall–Kier alpha value is -2.83. The lowest BCUT2D eigenvalue weighted by Gasteiger charge is -2.15. The minimum atomic E-state index is -3.74. The van der Waals surface area contributed by atoms with Crippen LogP contribution < -0.4 is 10.0 Å². The summed E-state index contributed by atoms with van der Waals surface area (Å²) in [5.74, 6) is -0.293. The summed E-state index contributed by atoms with van der Waals surface area (Å²) >= 11 is 6.28. The molecule has 7 heteroatoms. The van der Waals surface area contributed by atoms with Crippen LogP contribution >= 0.6 is 11.6 Å². The number of halogens is 1. The molecule has 0 saturated heterocycles. The molecule has 0 bridgehead atoms. The molecule has 0 fully saturated rings. The van der Waals surface area contributed by atoms with Crippen LogP contribution in [-0.4, -0.2) is 20.4 Å². The average molecular weight is 457 g/mol. The zero-order chi connectivity index (χ0) is 22.4. The van der Waals surface area contributed by atoms with E-state index >= 15 is 0 Å². The molecule has 0 radical (unpaired) electrons. The predicted molar refractivity (Wildman–Crippen MR) is 125 cm³/mol. The van der Waals surface area contributed by atoms with Crippen LogP contribution in [0.1, 0.15) is 34.8 Å². The number of amides is 1. The number of benzene rings is 3. The van der Waals surface area contributed by atoms with Gasteiger partial charge in [0.1, 0.15) is 0 Å². The van der Waals surface area contributed by atoms with Gasteiger partial charge < -0.3 is 5.32 Å². The summed E-state index contributed by atoms with van der Waals surface area (Å²) in [7, 11) is -3.74. The van der Waals surface area contributed by atoms with Gasteiger partial charge in [0.2, 0.25) is 0 Å². The van der Waals surface area contributed by atoms with Gasteiger partial charge in [-0.2, -0.15) is 0 Å². The van der Waals surface area contributed by atoms with Gasteiger partial charge in [-0.3, -0.25) is 9.52 Å². The molecule has 5 nitrogen and oxygen atoms in total. The summed E-state index contributed by atoms with van der Waals surface area (Å²) in [5.41, 5.74) is 2.77. The van der Waals surface area contributed by atoms with Crippen molar-refractivity contribution in [3.63, 3.8) is 0 Å². The minimum absolute atomic E-state index is 0.0384. The average Bonchev–Trinajstić information content (AvgIpc) is 2.73. The van der Waals surface area contributed by atoms with Crippen molar-refractivity contribution >= 4 is 33.2 Å². The Labute approximate surface area is 188 Å². The summed E-state index contributed by atoms with van der Waals surface area (Å²) in [4.78, 5) is 12.8. The maximum Gasteiger partial charge on any atom is 0.261 e. The molecule has 0 aliphatic rings. The van der Waals surface area contributed by atoms with Gasteiger partial charge >= 0.3 is 0 Å². The largest absolute Gasteiger partial charge is 0.350 e. The number of hydrogen-bond acceptors (Lipinski definition) is 3. The van der Waals surface area contributed by atoms with Crippen LogP contribution in [0.4, 0.5) is 5.69 Å². The van der Waals surface area contributed by atoms with E-state index in [0.29, 0.717) is 11.3 Å². The highest BCUT2D eigenvalue weighted by Crippen LogP contribution is 2.24. The Bertz CT molecular complexity index is 1150. The normalized spacial score (nSPS) is 12.2. The van der Waals surface area contributed by atoms with Crippen molar-refractivity contribution in [1.82, 2.24) is 5.32 Å². The second kappa shape index (κ2) is 9.98. The molecule has 0 heterocycles. The molecule has 2 N–H and O–H groups in total. The summed E-state index contributed by atoms with van der Waals surface area (Å²) in [6, 6.07) is 21.1. The van der Waals surface area contributed by atoms with Crippen LogP contribution in [0.5, 0.6) is 0 Å². The van der Waals surface area contributed by atoms with E-state index in [0.717, 1.165) is 18.4 Å². The topological polar surface area (TPSA) is 75.3 Å². The first-order valence-corrected chi connectivity index (χ1v) is 11.8. The quantitative estimate of drug-likeness (QED) is 0.489. The zero-order valence-electron chi connectivity index (χ0n) is 17.4. The molecule has 162 valence electrons. The Morgan fingerprint density at radius 3 is 2.32 bits per heavy atom. The van der Waals surface area contributed by atoms with E-state index < -0.39 is 10.0 Å². The van der Waals surface area contributed by atoms with Gasteiger partial charge in [0.25, 0.3) is 15.9 Å². The molecule has 3 rings (SSSR count). The van der Waals surface area contributed by atoms with Gasteiger partial charge in [-0.15, -0.1) is 0 Å². The SMILES string of the molecule is Cc1ccc(S(=O)(=O)Nc2ccc(C(=O)N[C@@H](C)CCc3ccccc3)c(Cl)c2)cc1. The third-order valence-corrected chi connectivity index (χ3v) is 6.59. The summed E-state index contributed by atoms with van der Waals surface area (Å²) in [6.07, 6.45) is 1.65. The van der Waals surface area contributed by atoms with Crippen molar-refractivity contribution < 1.29 is 13.2 Å². The molecule has 0 unspecified atom stereocenters. The molecule has 0 aromatic heterocycles. The maximum absolute atomic E-state index is 12.6. The number of aryl methyl sites for hydroxylation is 2. The number of sulfonamides is 1. The maximum atomic E-state index is 12.6. The Morgan fingerprint density at radius 1 is 1.00 bits per heavy atom. The Balaban J connectivity index is 1.63. The van der Waals surface area contributed by atoms with Gasteiger partial charge in [0, 0.05) is 6.04 Å².